The van der Waals surface area contributed by atoms with Gasteiger partial charge in [0.2, 0.25) is 0 Å². The number of nitrogens with one attached hydrogen (secondary N) is 2. The summed E-state index contributed by atoms with van der Waals surface area (Å²) in [5.41, 5.74) is 1.28. The first-order chi connectivity index (χ1) is 8.90. The van der Waals surface area contributed by atoms with Crippen LogP contribution in [0.3, 0.4) is 0 Å². The fourth-order valence-corrected chi connectivity index (χ4v) is 2.06. The predicted octanol–water partition coefficient (Wildman–Crippen LogP) is 1.97. The van der Waals surface area contributed by atoms with Gasteiger partial charge in [0.15, 0.2) is 0 Å². The molecule has 1 aromatic rings. The summed E-state index contributed by atoms with van der Waals surface area (Å²) in [4.78, 5) is 0. The van der Waals surface area contributed by atoms with Gasteiger partial charge < -0.3 is 15.4 Å². The fraction of sp³-hybridized carbons (Fsp3) is 0.600. The maximum atomic E-state index is 5.34. The van der Waals surface area contributed by atoms with Crippen LogP contribution in [-0.2, 0) is 6.42 Å². The lowest BCUT2D eigenvalue weighted by Crippen LogP contribution is -2.24. The van der Waals surface area contributed by atoms with Crippen LogP contribution >= 0.6 is 0 Å². The smallest absolute Gasteiger partial charge is 0.122 e. The lowest BCUT2D eigenvalue weighted by Gasteiger charge is -2.09. The van der Waals surface area contributed by atoms with Crippen LogP contribution in [0, 0.1) is 0 Å². The molecule has 1 saturated carbocycles. The summed E-state index contributed by atoms with van der Waals surface area (Å²) >= 11 is 0. The lowest BCUT2D eigenvalue weighted by atomic mass is 10.1. The average Bonchev–Trinajstić information content (AvgIpc) is 3.22. The molecule has 0 atom stereocenters. The maximum absolute atomic E-state index is 5.34. The van der Waals surface area contributed by atoms with Crippen molar-refractivity contribution in [1.29, 1.82) is 0 Å². The zero-order valence-electron chi connectivity index (χ0n) is 11.2. The van der Waals surface area contributed by atoms with Crippen molar-refractivity contribution in [3.8, 4) is 5.75 Å². The van der Waals surface area contributed by atoms with Crippen molar-refractivity contribution < 1.29 is 4.74 Å². The van der Waals surface area contributed by atoms with Crippen molar-refractivity contribution in [2.75, 3.05) is 26.7 Å². The molecule has 100 valence electrons. The van der Waals surface area contributed by atoms with Crippen molar-refractivity contribution in [1.82, 2.24) is 10.6 Å². The number of ether oxygens (including phenoxy) is 1. The highest BCUT2D eigenvalue weighted by Gasteiger charge is 2.19. The first kappa shape index (κ1) is 13.4. The number of hydrogen-bond acceptors (Lipinski definition) is 3. The molecule has 0 bridgehead atoms. The molecule has 3 heteroatoms. The highest BCUT2D eigenvalue weighted by molar-refractivity contribution is 5.33. The highest BCUT2D eigenvalue weighted by Crippen LogP contribution is 2.18. The standard InChI is InChI=1S/C15H24N2O/c1-18-15-6-3-2-5-13(15)9-12-16-10-4-11-17-14-7-8-14/h2-3,5-6,14,16-17H,4,7-12H2,1H3. The van der Waals surface area contributed by atoms with Crippen LogP contribution in [0.2, 0.25) is 0 Å². The molecular formula is C15H24N2O. The first-order valence-corrected chi connectivity index (χ1v) is 6.96. The number of methoxy groups -OCH3 is 1. The molecule has 1 aromatic carbocycles. The van der Waals surface area contributed by atoms with E-state index in [0.29, 0.717) is 0 Å². The van der Waals surface area contributed by atoms with E-state index >= 15 is 0 Å². The summed E-state index contributed by atoms with van der Waals surface area (Å²) in [6.45, 7) is 3.25. The SMILES string of the molecule is COc1ccccc1CCNCCCNC1CC1. The van der Waals surface area contributed by atoms with E-state index in [-0.39, 0.29) is 0 Å². The van der Waals surface area contributed by atoms with E-state index in [4.69, 9.17) is 4.74 Å². The lowest BCUT2D eigenvalue weighted by molar-refractivity contribution is 0.409. The van der Waals surface area contributed by atoms with Gasteiger partial charge in [-0.2, -0.15) is 0 Å². The van der Waals surface area contributed by atoms with E-state index in [2.05, 4.69) is 22.8 Å². The molecule has 3 nitrogen and oxygen atoms in total. The van der Waals surface area contributed by atoms with E-state index in [0.717, 1.165) is 37.8 Å². The molecule has 0 spiro atoms. The van der Waals surface area contributed by atoms with Crippen LogP contribution in [-0.4, -0.2) is 32.8 Å². The normalized spacial score (nSPS) is 14.7. The van der Waals surface area contributed by atoms with E-state index in [1.165, 1.54) is 24.8 Å². The molecule has 1 aliphatic carbocycles. The molecule has 0 heterocycles. The van der Waals surface area contributed by atoms with Gasteiger partial charge in [0.1, 0.15) is 5.75 Å². The third-order valence-electron chi connectivity index (χ3n) is 3.30. The molecule has 0 radical (unpaired) electrons. The summed E-state index contributed by atoms with van der Waals surface area (Å²) in [6, 6.07) is 9.07. The van der Waals surface area contributed by atoms with Gasteiger partial charge in [-0.1, -0.05) is 18.2 Å². The van der Waals surface area contributed by atoms with Crippen molar-refractivity contribution >= 4 is 0 Å². The van der Waals surface area contributed by atoms with Crippen LogP contribution < -0.4 is 15.4 Å². The molecule has 18 heavy (non-hydrogen) atoms. The molecule has 0 amide bonds. The summed E-state index contributed by atoms with van der Waals surface area (Å²) < 4.78 is 5.34. The Hall–Kier alpha value is -1.06. The minimum atomic E-state index is 0.832. The van der Waals surface area contributed by atoms with Crippen LogP contribution in [0.5, 0.6) is 5.75 Å². The average molecular weight is 248 g/mol. The Morgan fingerprint density at radius 2 is 2.00 bits per heavy atom. The fourth-order valence-electron chi connectivity index (χ4n) is 2.06. The van der Waals surface area contributed by atoms with Gasteiger partial charge >= 0.3 is 0 Å². The van der Waals surface area contributed by atoms with Gasteiger partial charge in [-0.15, -0.1) is 0 Å². The van der Waals surface area contributed by atoms with E-state index in [1.807, 2.05) is 12.1 Å². The number of benzene rings is 1. The second-order valence-electron chi connectivity index (χ2n) is 4.89. The third kappa shape index (κ3) is 4.67. The highest BCUT2D eigenvalue weighted by atomic mass is 16.5. The second kappa shape index (κ2) is 7.39. The molecule has 1 fully saturated rings. The molecule has 0 unspecified atom stereocenters. The Labute approximate surface area is 110 Å². The van der Waals surface area contributed by atoms with Gasteiger partial charge in [0, 0.05) is 6.04 Å². The molecule has 0 aromatic heterocycles. The second-order valence-corrected chi connectivity index (χ2v) is 4.89. The minimum absolute atomic E-state index is 0.832. The number of rotatable bonds is 9. The van der Waals surface area contributed by atoms with Crippen LogP contribution in [0.1, 0.15) is 24.8 Å². The van der Waals surface area contributed by atoms with Gasteiger partial charge in [-0.05, 0) is 56.9 Å². The summed E-state index contributed by atoms with van der Waals surface area (Å²) in [7, 11) is 1.73. The van der Waals surface area contributed by atoms with Crippen molar-refractivity contribution in [3.05, 3.63) is 29.8 Å². The Kier molecular flexibility index (Phi) is 5.49. The van der Waals surface area contributed by atoms with Gasteiger partial charge in [0.25, 0.3) is 0 Å². The largest absolute Gasteiger partial charge is 0.496 e. The Bertz CT molecular complexity index is 350. The maximum Gasteiger partial charge on any atom is 0.122 e. The Morgan fingerprint density at radius 1 is 1.17 bits per heavy atom. The number of hydrogen-bond donors (Lipinski definition) is 2. The van der Waals surface area contributed by atoms with Crippen molar-refractivity contribution in [2.45, 2.75) is 31.7 Å². The molecule has 2 rings (SSSR count). The molecule has 0 aliphatic heterocycles. The minimum Gasteiger partial charge on any atom is -0.496 e. The molecule has 1 aliphatic rings. The monoisotopic (exact) mass is 248 g/mol. The van der Waals surface area contributed by atoms with Crippen LogP contribution in [0.25, 0.3) is 0 Å². The Morgan fingerprint density at radius 3 is 2.78 bits per heavy atom. The number of para-hydroxylation sites is 1. The van der Waals surface area contributed by atoms with E-state index in [9.17, 15) is 0 Å². The van der Waals surface area contributed by atoms with Gasteiger partial charge in [0.05, 0.1) is 7.11 Å². The molecule has 0 saturated heterocycles. The zero-order valence-corrected chi connectivity index (χ0v) is 11.2. The predicted molar refractivity (Wildman–Crippen MR) is 75.2 cm³/mol. The quantitative estimate of drug-likeness (QED) is 0.656. The van der Waals surface area contributed by atoms with E-state index in [1.54, 1.807) is 7.11 Å². The Balaban J connectivity index is 1.53. The van der Waals surface area contributed by atoms with Crippen molar-refractivity contribution in [2.24, 2.45) is 0 Å². The third-order valence-corrected chi connectivity index (χ3v) is 3.30. The summed E-state index contributed by atoms with van der Waals surface area (Å²) in [6.07, 6.45) is 4.99. The van der Waals surface area contributed by atoms with Crippen molar-refractivity contribution in [3.63, 3.8) is 0 Å². The van der Waals surface area contributed by atoms with Gasteiger partial charge in [-0.3, -0.25) is 0 Å². The zero-order chi connectivity index (χ0) is 12.6. The first-order valence-electron chi connectivity index (χ1n) is 6.96. The van der Waals surface area contributed by atoms with E-state index < -0.39 is 0 Å². The molecular weight excluding hydrogens is 224 g/mol. The topological polar surface area (TPSA) is 33.3 Å². The van der Waals surface area contributed by atoms with Crippen LogP contribution in [0.4, 0.5) is 0 Å². The summed E-state index contributed by atoms with van der Waals surface area (Å²) in [5, 5.41) is 7.01. The van der Waals surface area contributed by atoms with Crippen LogP contribution in [0.15, 0.2) is 24.3 Å². The summed E-state index contributed by atoms with van der Waals surface area (Å²) in [5.74, 6) is 0.995. The van der Waals surface area contributed by atoms with Gasteiger partial charge in [-0.25, -0.2) is 0 Å². The molecule has 2 N–H and O–H groups in total.